The van der Waals surface area contributed by atoms with Gasteiger partial charge in [-0.3, -0.25) is 0 Å². The molecule has 3 aliphatic rings. The molecule has 8 rings (SSSR count). The van der Waals surface area contributed by atoms with Crippen molar-refractivity contribution in [3.63, 3.8) is 0 Å². The second-order valence-corrected chi connectivity index (χ2v) is 11.8. The highest BCUT2D eigenvalue weighted by molar-refractivity contribution is 5.93. The van der Waals surface area contributed by atoms with Crippen molar-refractivity contribution >= 4 is 33.2 Å². The van der Waals surface area contributed by atoms with Crippen LogP contribution in [-0.2, 0) is 12.5 Å². The Morgan fingerprint density at radius 2 is 1.52 bits per heavy atom. The minimum absolute atomic E-state index is 0.0840. The molecule has 2 aliphatic heterocycles. The van der Waals surface area contributed by atoms with Crippen LogP contribution >= 0.6 is 0 Å². The van der Waals surface area contributed by atoms with Gasteiger partial charge in [-0.1, -0.05) is 98.8 Å². The first-order valence-corrected chi connectivity index (χ1v) is 14.2. The van der Waals surface area contributed by atoms with Crippen LogP contribution < -0.4 is 5.32 Å². The van der Waals surface area contributed by atoms with Crippen LogP contribution in [0.1, 0.15) is 36.6 Å². The molecule has 2 aromatic heterocycles. The Labute approximate surface area is 236 Å². The number of aromatic amines is 1. The molecule has 4 heteroatoms. The summed E-state index contributed by atoms with van der Waals surface area (Å²) in [5, 5.41) is 6.38. The molecule has 0 radical (unpaired) electrons. The molecular weight excluding hydrogens is 488 g/mol. The van der Waals surface area contributed by atoms with E-state index in [0.717, 1.165) is 0 Å². The summed E-state index contributed by atoms with van der Waals surface area (Å²) in [6, 6.07) is 26.6. The fourth-order valence-electron chi connectivity index (χ4n) is 6.91. The van der Waals surface area contributed by atoms with Crippen molar-refractivity contribution in [1.29, 1.82) is 0 Å². The predicted octanol–water partition coefficient (Wildman–Crippen LogP) is 8.19. The van der Waals surface area contributed by atoms with Gasteiger partial charge in [0, 0.05) is 82.1 Å². The van der Waals surface area contributed by atoms with E-state index in [2.05, 4.69) is 163 Å². The number of anilines is 1. The molecule has 5 aromatic rings. The molecule has 3 atom stereocenters. The lowest BCUT2D eigenvalue weighted by Crippen LogP contribution is -2.28. The zero-order valence-corrected chi connectivity index (χ0v) is 23.6. The Morgan fingerprint density at radius 1 is 0.800 bits per heavy atom. The van der Waals surface area contributed by atoms with Crippen molar-refractivity contribution in [2.75, 3.05) is 12.4 Å². The Balaban J connectivity index is 0.000000133. The largest absolute Gasteiger partial charge is 0.377 e. The number of allylic oxidation sites excluding steroid dienone is 2. The molecule has 0 fully saturated rings. The number of para-hydroxylation sites is 3. The molecule has 1 aliphatic carbocycles. The van der Waals surface area contributed by atoms with Gasteiger partial charge in [-0.05, 0) is 23.8 Å². The Kier molecular flexibility index (Phi) is 5.74. The van der Waals surface area contributed by atoms with Crippen LogP contribution in [0.2, 0.25) is 0 Å². The molecule has 2 N–H and O–H groups in total. The van der Waals surface area contributed by atoms with Crippen LogP contribution in [0, 0.1) is 5.92 Å². The lowest BCUT2D eigenvalue weighted by atomic mass is 9.78. The summed E-state index contributed by atoms with van der Waals surface area (Å²) in [5.74, 6) is 0.499. The number of H-pyrrole nitrogens is 1. The minimum Gasteiger partial charge on any atom is -0.377 e. The first kappa shape index (κ1) is 24.6. The van der Waals surface area contributed by atoms with Crippen LogP contribution in [0.15, 0.2) is 116 Å². The van der Waals surface area contributed by atoms with Gasteiger partial charge in [-0.25, -0.2) is 0 Å². The molecule has 3 aromatic carbocycles. The first-order chi connectivity index (χ1) is 19.4. The molecular formula is C36H36N4. The molecule has 0 bridgehead atoms. The number of likely N-dealkylation sites (N-methyl/N-ethyl adjacent to an activating group) is 1. The Hall–Kier alpha value is -4.44. The summed E-state index contributed by atoms with van der Waals surface area (Å²) >= 11 is 0. The van der Waals surface area contributed by atoms with E-state index >= 15 is 0 Å². The van der Waals surface area contributed by atoms with Gasteiger partial charge >= 0.3 is 0 Å². The molecule has 0 spiro atoms. The van der Waals surface area contributed by atoms with Gasteiger partial charge in [0.2, 0.25) is 0 Å². The maximum Gasteiger partial charge on any atom is 0.0627 e. The lowest BCUT2D eigenvalue weighted by molar-refractivity contribution is 0.395. The average molecular weight is 525 g/mol. The van der Waals surface area contributed by atoms with E-state index in [-0.39, 0.29) is 5.41 Å². The summed E-state index contributed by atoms with van der Waals surface area (Å²) in [7, 11) is 4.31. The fourth-order valence-corrected chi connectivity index (χ4v) is 6.91. The van der Waals surface area contributed by atoms with Gasteiger partial charge < -0.3 is 19.8 Å². The number of nitrogens with one attached hydrogen (secondary N) is 2. The summed E-state index contributed by atoms with van der Waals surface area (Å²) < 4.78 is 2.23. The third kappa shape index (κ3) is 3.82. The van der Waals surface area contributed by atoms with Crippen molar-refractivity contribution in [3.8, 4) is 0 Å². The van der Waals surface area contributed by atoms with E-state index in [1.165, 1.54) is 49.9 Å². The molecule has 0 saturated carbocycles. The van der Waals surface area contributed by atoms with Crippen molar-refractivity contribution in [2.24, 2.45) is 13.0 Å². The number of fused-ring (bicyclic) bond motifs is 4. The van der Waals surface area contributed by atoms with E-state index in [0.29, 0.717) is 18.0 Å². The summed E-state index contributed by atoms with van der Waals surface area (Å²) in [4.78, 5) is 5.74. The standard InChI is InChI=1S/C19H20N2.C17H16N2/c1-19(2)15-9-5-6-10-16(15)20-18(19)14-12-21(3)17-11-7-4-8-13(14)17;1-19-16-9-5-2-6-12(16)10-17(19)14-11-18-15-8-4-3-7-13(14)15/h4-12,18,20H,1-3H3;2-12,16,18H,1H3. The lowest BCUT2D eigenvalue weighted by Gasteiger charge is -2.27. The number of aryl methyl sites for hydroxylation is 1. The normalized spacial score (nSPS) is 22.1. The van der Waals surface area contributed by atoms with Crippen molar-refractivity contribution < 1.29 is 0 Å². The van der Waals surface area contributed by atoms with E-state index in [1.54, 1.807) is 0 Å². The average Bonchev–Trinajstić information content (AvgIpc) is 3.71. The third-order valence-corrected chi connectivity index (χ3v) is 9.07. The number of benzene rings is 3. The predicted molar refractivity (Wildman–Crippen MR) is 168 cm³/mol. The van der Waals surface area contributed by atoms with Crippen molar-refractivity contribution in [2.45, 2.75) is 31.3 Å². The number of rotatable bonds is 2. The Morgan fingerprint density at radius 3 is 2.35 bits per heavy atom. The van der Waals surface area contributed by atoms with E-state index in [1.807, 2.05) is 0 Å². The van der Waals surface area contributed by atoms with Gasteiger partial charge in [0.25, 0.3) is 0 Å². The zero-order chi connectivity index (χ0) is 27.4. The van der Waals surface area contributed by atoms with Gasteiger partial charge in [0.1, 0.15) is 0 Å². The summed E-state index contributed by atoms with van der Waals surface area (Å²) in [5.41, 5.74) is 9.25. The van der Waals surface area contributed by atoms with Gasteiger partial charge in [0.05, 0.1) is 12.1 Å². The molecule has 4 nitrogen and oxygen atoms in total. The van der Waals surface area contributed by atoms with E-state index in [9.17, 15) is 0 Å². The van der Waals surface area contributed by atoms with Crippen molar-refractivity contribution in [1.82, 2.24) is 14.5 Å². The number of hydrogen-bond acceptors (Lipinski definition) is 2. The zero-order valence-electron chi connectivity index (χ0n) is 23.6. The highest BCUT2D eigenvalue weighted by Crippen LogP contribution is 2.49. The van der Waals surface area contributed by atoms with E-state index < -0.39 is 0 Å². The molecule has 4 heterocycles. The highest BCUT2D eigenvalue weighted by Gasteiger charge is 2.41. The topological polar surface area (TPSA) is 36.0 Å². The van der Waals surface area contributed by atoms with Gasteiger partial charge in [0.15, 0.2) is 0 Å². The van der Waals surface area contributed by atoms with Crippen LogP contribution in [0.3, 0.4) is 0 Å². The van der Waals surface area contributed by atoms with Crippen LogP contribution in [-0.4, -0.2) is 27.5 Å². The summed E-state index contributed by atoms with van der Waals surface area (Å²) in [6.45, 7) is 4.66. The molecule has 0 amide bonds. The number of aromatic nitrogens is 2. The fraction of sp³-hybridized carbons (Fsp3) is 0.222. The van der Waals surface area contributed by atoms with Gasteiger partial charge in [-0.15, -0.1) is 0 Å². The van der Waals surface area contributed by atoms with Crippen LogP contribution in [0.5, 0.6) is 0 Å². The van der Waals surface area contributed by atoms with Crippen LogP contribution in [0.25, 0.3) is 27.5 Å². The third-order valence-electron chi connectivity index (χ3n) is 9.07. The second kappa shape index (κ2) is 9.34. The second-order valence-electron chi connectivity index (χ2n) is 11.8. The monoisotopic (exact) mass is 524 g/mol. The summed E-state index contributed by atoms with van der Waals surface area (Å²) in [6.07, 6.45) is 15.6. The Bertz CT molecular complexity index is 1810. The molecule has 3 unspecified atom stereocenters. The molecule has 200 valence electrons. The highest BCUT2D eigenvalue weighted by atomic mass is 15.2. The van der Waals surface area contributed by atoms with Crippen molar-refractivity contribution in [3.05, 3.63) is 132 Å². The first-order valence-electron chi connectivity index (χ1n) is 14.2. The SMILES string of the molecule is CN1C(c2c[nH]c3ccccc23)=CC2C=CC=CC21.Cn1cc(C2Nc3ccccc3C2(C)C)c2ccccc21. The number of nitrogens with zero attached hydrogens (tertiary/aromatic N) is 2. The number of hydrogen-bond donors (Lipinski definition) is 2. The van der Waals surface area contributed by atoms with Crippen LogP contribution in [0.4, 0.5) is 5.69 Å². The minimum atomic E-state index is 0.0840. The smallest absolute Gasteiger partial charge is 0.0627 e. The maximum absolute atomic E-state index is 3.73. The molecule has 0 saturated heterocycles. The van der Waals surface area contributed by atoms with E-state index in [4.69, 9.17) is 0 Å². The molecule has 40 heavy (non-hydrogen) atoms. The quantitative estimate of drug-likeness (QED) is 0.244. The maximum atomic E-state index is 3.73. The van der Waals surface area contributed by atoms with Gasteiger partial charge in [-0.2, -0.15) is 0 Å².